The molecular formula is C9H15NOS. The van der Waals surface area contributed by atoms with Crippen molar-refractivity contribution < 1.29 is 5.11 Å². The monoisotopic (exact) mass is 185 g/mol. The molecule has 0 aliphatic heterocycles. The summed E-state index contributed by atoms with van der Waals surface area (Å²) >= 11 is 1.79. The van der Waals surface area contributed by atoms with Crippen molar-refractivity contribution in [3.05, 3.63) is 22.4 Å². The van der Waals surface area contributed by atoms with Gasteiger partial charge in [0.25, 0.3) is 0 Å². The lowest BCUT2D eigenvalue weighted by Gasteiger charge is -2.13. The van der Waals surface area contributed by atoms with Gasteiger partial charge >= 0.3 is 0 Å². The van der Waals surface area contributed by atoms with Crippen molar-refractivity contribution in [3.8, 4) is 0 Å². The Balaban J connectivity index is 2.17. The first-order chi connectivity index (χ1) is 5.83. The van der Waals surface area contributed by atoms with Gasteiger partial charge < -0.3 is 10.0 Å². The molecule has 0 unspecified atom stereocenters. The van der Waals surface area contributed by atoms with Gasteiger partial charge in [-0.15, -0.1) is 11.3 Å². The van der Waals surface area contributed by atoms with Crippen LogP contribution >= 0.6 is 11.3 Å². The molecule has 1 aromatic rings. The maximum atomic E-state index is 8.65. The molecule has 2 nitrogen and oxygen atoms in total. The number of aliphatic hydroxyl groups is 1. The maximum Gasteiger partial charge on any atom is 0.0558 e. The molecule has 0 atom stereocenters. The van der Waals surface area contributed by atoms with E-state index in [9.17, 15) is 0 Å². The first kappa shape index (κ1) is 9.71. The third-order valence-corrected chi connectivity index (χ3v) is 2.74. The molecule has 0 amide bonds. The van der Waals surface area contributed by atoms with Gasteiger partial charge in [0.1, 0.15) is 0 Å². The van der Waals surface area contributed by atoms with E-state index >= 15 is 0 Å². The Labute approximate surface area is 77.5 Å². The fourth-order valence-electron chi connectivity index (χ4n) is 1.04. The minimum atomic E-state index is 0.251. The maximum absolute atomic E-state index is 8.65. The highest BCUT2D eigenvalue weighted by atomic mass is 32.1. The molecule has 1 heterocycles. The van der Waals surface area contributed by atoms with Gasteiger partial charge in [0.15, 0.2) is 0 Å². The van der Waals surface area contributed by atoms with Crippen molar-refractivity contribution in [1.82, 2.24) is 4.90 Å². The van der Waals surface area contributed by atoms with Crippen LogP contribution in [0, 0.1) is 0 Å². The number of rotatable bonds is 5. The smallest absolute Gasteiger partial charge is 0.0558 e. The third-order valence-electron chi connectivity index (χ3n) is 1.80. The third kappa shape index (κ3) is 3.34. The predicted molar refractivity (Wildman–Crippen MR) is 52.6 cm³/mol. The van der Waals surface area contributed by atoms with Crippen molar-refractivity contribution in [2.24, 2.45) is 0 Å². The van der Waals surface area contributed by atoms with Crippen LogP contribution in [0.2, 0.25) is 0 Å². The highest BCUT2D eigenvalue weighted by Gasteiger charge is 1.98. The minimum Gasteiger partial charge on any atom is -0.395 e. The van der Waals surface area contributed by atoms with E-state index in [0.29, 0.717) is 0 Å². The normalized spacial score (nSPS) is 10.9. The zero-order valence-corrected chi connectivity index (χ0v) is 8.18. The van der Waals surface area contributed by atoms with Crippen LogP contribution in [0.5, 0.6) is 0 Å². The summed E-state index contributed by atoms with van der Waals surface area (Å²) in [7, 11) is 2.03. The molecule has 68 valence electrons. The quantitative estimate of drug-likeness (QED) is 0.745. The second kappa shape index (κ2) is 5.30. The van der Waals surface area contributed by atoms with Crippen LogP contribution < -0.4 is 0 Å². The number of nitrogens with zero attached hydrogens (tertiary/aromatic N) is 1. The fraction of sp³-hybridized carbons (Fsp3) is 0.556. The van der Waals surface area contributed by atoms with Crippen molar-refractivity contribution in [1.29, 1.82) is 0 Å². The van der Waals surface area contributed by atoms with Gasteiger partial charge in [-0.05, 0) is 24.9 Å². The molecule has 0 spiro atoms. The lowest BCUT2D eigenvalue weighted by atomic mass is 10.3. The molecule has 0 radical (unpaired) electrons. The predicted octanol–water partition coefficient (Wildman–Crippen LogP) is 1.21. The molecule has 1 N–H and O–H groups in total. The second-order valence-corrected chi connectivity index (χ2v) is 3.89. The van der Waals surface area contributed by atoms with Gasteiger partial charge in [-0.25, -0.2) is 0 Å². The molecule has 0 aliphatic rings. The molecule has 0 saturated heterocycles. The van der Waals surface area contributed by atoms with E-state index in [4.69, 9.17) is 5.11 Å². The summed E-state index contributed by atoms with van der Waals surface area (Å²) in [5, 5.41) is 10.8. The van der Waals surface area contributed by atoms with Crippen molar-refractivity contribution in [2.75, 3.05) is 26.7 Å². The molecular weight excluding hydrogens is 170 g/mol. The zero-order valence-electron chi connectivity index (χ0n) is 7.36. The number of thiophene rings is 1. The lowest BCUT2D eigenvalue weighted by Crippen LogP contribution is -2.24. The van der Waals surface area contributed by atoms with Crippen LogP contribution in [0.3, 0.4) is 0 Å². The molecule has 0 bridgehead atoms. The average molecular weight is 185 g/mol. The summed E-state index contributed by atoms with van der Waals surface area (Å²) in [6.07, 6.45) is 1.09. The fourth-order valence-corrected chi connectivity index (χ4v) is 1.74. The molecule has 0 saturated carbocycles. The molecule has 12 heavy (non-hydrogen) atoms. The van der Waals surface area contributed by atoms with Crippen LogP contribution in [0.4, 0.5) is 0 Å². The van der Waals surface area contributed by atoms with Gasteiger partial charge in [0.2, 0.25) is 0 Å². The summed E-state index contributed by atoms with van der Waals surface area (Å²) in [4.78, 5) is 3.56. The van der Waals surface area contributed by atoms with Crippen LogP contribution in [-0.2, 0) is 6.42 Å². The van der Waals surface area contributed by atoms with Gasteiger partial charge in [0, 0.05) is 18.0 Å². The Morgan fingerprint density at radius 1 is 1.50 bits per heavy atom. The Bertz CT molecular complexity index is 198. The summed E-state index contributed by atoms with van der Waals surface area (Å²) in [5.41, 5.74) is 0. The number of hydrogen-bond donors (Lipinski definition) is 1. The van der Waals surface area contributed by atoms with E-state index in [1.54, 1.807) is 11.3 Å². The Kier molecular flexibility index (Phi) is 4.29. The summed E-state index contributed by atoms with van der Waals surface area (Å²) in [5.74, 6) is 0. The first-order valence-corrected chi connectivity index (χ1v) is 5.02. The number of likely N-dealkylation sites (N-methyl/N-ethyl adjacent to an activating group) is 1. The van der Waals surface area contributed by atoms with Crippen molar-refractivity contribution in [3.63, 3.8) is 0 Å². The molecule has 3 heteroatoms. The SMILES string of the molecule is CN(CCO)CCc1cccs1. The van der Waals surface area contributed by atoms with Crippen molar-refractivity contribution in [2.45, 2.75) is 6.42 Å². The standard InChI is InChI=1S/C9H15NOS/c1-10(6-7-11)5-4-9-3-2-8-12-9/h2-3,8,11H,4-7H2,1H3. The van der Waals surface area contributed by atoms with Crippen LogP contribution in [-0.4, -0.2) is 36.8 Å². The lowest BCUT2D eigenvalue weighted by molar-refractivity contribution is 0.223. The molecule has 0 fully saturated rings. The largest absolute Gasteiger partial charge is 0.395 e. The van der Waals surface area contributed by atoms with E-state index in [1.807, 2.05) is 7.05 Å². The molecule has 1 aromatic heterocycles. The highest BCUT2D eigenvalue weighted by molar-refractivity contribution is 7.09. The zero-order chi connectivity index (χ0) is 8.81. The van der Waals surface area contributed by atoms with Crippen LogP contribution in [0.15, 0.2) is 17.5 Å². The van der Waals surface area contributed by atoms with E-state index in [-0.39, 0.29) is 6.61 Å². The minimum absolute atomic E-state index is 0.251. The number of aliphatic hydroxyl groups excluding tert-OH is 1. The van der Waals surface area contributed by atoms with Gasteiger partial charge in [-0.2, -0.15) is 0 Å². The first-order valence-electron chi connectivity index (χ1n) is 4.14. The Hall–Kier alpha value is -0.380. The van der Waals surface area contributed by atoms with E-state index < -0.39 is 0 Å². The van der Waals surface area contributed by atoms with Gasteiger partial charge in [-0.3, -0.25) is 0 Å². The highest BCUT2D eigenvalue weighted by Crippen LogP contribution is 2.08. The molecule has 0 aliphatic carbocycles. The topological polar surface area (TPSA) is 23.5 Å². The summed E-state index contributed by atoms with van der Waals surface area (Å²) < 4.78 is 0. The number of hydrogen-bond acceptors (Lipinski definition) is 3. The second-order valence-electron chi connectivity index (χ2n) is 2.86. The van der Waals surface area contributed by atoms with Crippen LogP contribution in [0.25, 0.3) is 0 Å². The van der Waals surface area contributed by atoms with Gasteiger partial charge in [-0.1, -0.05) is 6.07 Å². The molecule has 1 rings (SSSR count). The van der Waals surface area contributed by atoms with Crippen LogP contribution in [0.1, 0.15) is 4.88 Å². The Morgan fingerprint density at radius 3 is 2.92 bits per heavy atom. The van der Waals surface area contributed by atoms with E-state index in [1.165, 1.54) is 4.88 Å². The summed E-state index contributed by atoms with van der Waals surface area (Å²) in [6, 6.07) is 4.23. The van der Waals surface area contributed by atoms with Crippen molar-refractivity contribution >= 4 is 11.3 Å². The average Bonchev–Trinajstić information content (AvgIpc) is 2.53. The Morgan fingerprint density at radius 2 is 2.33 bits per heavy atom. The van der Waals surface area contributed by atoms with Gasteiger partial charge in [0.05, 0.1) is 6.61 Å². The van der Waals surface area contributed by atoms with E-state index in [0.717, 1.165) is 19.5 Å². The molecule has 0 aromatic carbocycles. The summed E-state index contributed by atoms with van der Waals surface area (Å²) in [6.45, 7) is 2.05. The van der Waals surface area contributed by atoms with E-state index in [2.05, 4.69) is 22.4 Å².